The quantitative estimate of drug-likeness (QED) is 0.657. The number of ether oxygens (including phenoxy) is 1. The molecule has 1 aliphatic rings. The molecule has 1 aliphatic heterocycles. The number of hydrazone groups is 1. The smallest absolute Gasteiger partial charge is 0.291 e. The number of benzene rings is 1. The number of methoxy groups -OCH3 is 1. The zero-order valence-corrected chi connectivity index (χ0v) is 19.0. The van der Waals surface area contributed by atoms with Gasteiger partial charge in [0.2, 0.25) is 5.91 Å². The molecule has 0 bridgehead atoms. The second kappa shape index (κ2) is 8.19. The van der Waals surface area contributed by atoms with Crippen LogP contribution in [0.15, 0.2) is 46.9 Å². The van der Waals surface area contributed by atoms with Gasteiger partial charge in [-0.05, 0) is 35.2 Å². The summed E-state index contributed by atoms with van der Waals surface area (Å²) in [5, 5.41) is 10.8. The summed E-state index contributed by atoms with van der Waals surface area (Å²) in [6.45, 7) is 6.96. The van der Waals surface area contributed by atoms with Gasteiger partial charge in [0.25, 0.3) is 5.91 Å². The van der Waals surface area contributed by atoms with Crippen LogP contribution in [-0.2, 0) is 17.9 Å². The van der Waals surface area contributed by atoms with E-state index >= 15 is 0 Å². The second-order valence-corrected chi connectivity index (χ2v) is 9.52. The lowest BCUT2D eigenvalue weighted by Crippen LogP contribution is -2.38. The number of amides is 2. The first-order chi connectivity index (χ1) is 14.8. The van der Waals surface area contributed by atoms with E-state index in [9.17, 15) is 9.59 Å². The van der Waals surface area contributed by atoms with Crippen molar-refractivity contribution in [2.45, 2.75) is 33.9 Å². The Bertz CT molecular complexity index is 1150. The molecular weight excluding hydrogens is 412 g/mol. The molecule has 1 aromatic carbocycles. The van der Waals surface area contributed by atoms with Crippen LogP contribution in [-0.4, -0.2) is 40.8 Å². The van der Waals surface area contributed by atoms with E-state index in [0.717, 1.165) is 27.2 Å². The predicted molar refractivity (Wildman–Crippen MR) is 123 cm³/mol. The molecule has 0 atom stereocenters. The highest BCUT2D eigenvalue weighted by atomic mass is 32.1. The third-order valence-corrected chi connectivity index (χ3v) is 6.19. The third-order valence-electron chi connectivity index (χ3n) is 5.33. The number of carbonyl (C=O) groups excluding carboxylic acids is 2. The van der Waals surface area contributed by atoms with Crippen LogP contribution in [0, 0.1) is 5.41 Å². The summed E-state index contributed by atoms with van der Waals surface area (Å²) < 4.78 is 8.22. The Morgan fingerprint density at radius 1 is 1.23 bits per heavy atom. The molecule has 162 valence electrons. The van der Waals surface area contributed by atoms with Gasteiger partial charge in [0.1, 0.15) is 18.0 Å². The van der Waals surface area contributed by atoms with Crippen molar-refractivity contribution in [3.05, 3.63) is 53.0 Å². The topological polar surface area (TPSA) is 75.9 Å². The highest BCUT2D eigenvalue weighted by Gasteiger charge is 2.31. The average molecular weight is 439 g/mol. The highest BCUT2D eigenvalue weighted by Crippen LogP contribution is 2.30. The minimum atomic E-state index is -0.262. The fourth-order valence-electron chi connectivity index (χ4n) is 3.46. The molecule has 3 heterocycles. The molecule has 8 heteroatoms. The fourth-order valence-corrected chi connectivity index (χ4v) is 4.28. The van der Waals surface area contributed by atoms with Crippen LogP contribution in [0.1, 0.15) is 36.8 Å². The number of nitrogens with one attached hydrogen (secondary N) is 1. The van der Waals surface area contributed by atoms with E-state index in [-0.39, 0.29) is 23.8 Å². The van der Waals surface area contributed by atoms with Gasteiger partial charge in [-0.15, -0.1) is 11.3 Å². The number of rotatable bonds is 5. The van der Waals surface area contributed by atoms with Crippen molar-refractivity contribution < 1.29 is 14.3 Å². The molecule has 0 saturated carbocycles. The lowest BCUT2D eigenvalue weighted by atomic mass is 9.90. The first-order valence-corrected chi connectivity index (χ1v) is 11.0. The Labute approximate surface area is 185 Å². The predicted octanol–water partition coefficient (Wildman–Crippen LogP) is 3.89. The summed E-state index contributed by atoms with van der Waals surface area (Å²) in [7, 11) is 1.61. The maximum absolute atomic E-state index is 13.3. The van der Waals surface area contributed by atoms with Crippen LogP contribution in [0.2, 0.25) is 0 Å². The van der Waals surface area contributed by atoms with Gasteiger partial charge in [0.15, 0.2) is 0 Å². The zero-order valence-electron chi connectivity index (χ0n) is 18.1. The fraction of sp³-hybridized carbons (Fsp3) is 0.348. The van der Waals surface area contributed by atoms with Gasteiger partial charge >= 0.3 is 0 Å². The molecule has 0 spiro atoms. The Morgan fingerprint density at radius 3 is 2.65 bits per heavy atom. The molecule has 3 aromatic rings. The Balaban J connectivity index is 1.54. The molecule has 2 amide bonds. The molecular formula is C23H26N4O3S. The molecule has 0 fully saturated rings. The molecule has 0 unspecified atom stereocenters. The van der Waals surface area contributed by atoms with E-state index in [1.165, 1.54) is 5.01 Å². The molecule has 2 aromatic heterocycles. The van der Waals surface area contributed by atoms with Gasteiger partial charge in [-0.2, -0.15) is 5.10 Å². The number of nitrogens with zero attached hydrogens (tertiary/aromatic N) is 3. The van der Waals surface area contributed by atoms with Crippen molar-refractivity contribution in [1.82, 2.24) is 14.9 Å². The van der Waals surface area contributed by atoms with E-state index in [0.29, 0.717) is 18.8 Å². The van der Waals surface area contributed by atoms with Crippen LogP contribution >= 0.6 is 11.3 Å². The molecule has 0 radical (unpaired) electrons. The molecule has 7 nitrogen and oxygen atoms in total. The lowest BCUT2D eigenvalue weighted by molar-refractivity contribution is -0.122. The number of aromatic nitrogens is 1. The van der Waals surface area contributed by atoms with Crippen molar-refractivity contribution >= 4 is 39.1 Å². The van der Waals surface area contributed by atoms with Crippen molar-refractivity contribution in [3.63, 3.8) is 0 Å². The summed E-state index contributed by atoms with van der Waals surface area (Å²) >= 11 is 1.60. The van der Waals surface area contributed by atoms with Crippen LogP contribution in [0.4, 0.5) is 0 Å². The van der Waals surface area contributed by atoms with Crippen molar-refractivity contribution in [1.29, 1.82) is 0 Å². The monoisotopic (exact) mass is 438 g/mol. The van der Waals surface area contributed by atoms with Crippen molar-refractivity contribution in [2.24, 2.45) is 10.5 Å². The highest BCUT2D eigenvalue weighted by molar-refractivity contribution is 7.17. The molecule has 0 saturated heterocycles. The first-order valence-electron chi connectivity index (χ1n) is 10.1. The summed E-state index contributed by atoms with van der Waals surface area (Å²) in [6, 6.07) is 11.4. The summed E-state index contributed by atoms with van der Waals surface area (Å²) in [5.41, 5.74) is 3.14. The lowest BCUT2D eigenvalue weighted by Gasteiger charge is -2.23. The molecule has 31 heavy (non-hydrogen) atoms. The molecule has 0 aliphatic carbocycles. The minimum absolute atomic E-state index is 0.132. The van der Waals surface area contributed by atoms with Gasteiger partial charge in [0.05, 0.1) is 29.6 Å². The number of hydrogen-bond donors (Lipinski definition) is 1. The van der Waals surface area contributed by atoms with Gasteiger partial charge < -0.3 is 14.6 Å². The maximum Gasteiger partial charge on any atom is 0.291 e. The third kappa shape index (κ3) is 4.34. The number of thiophene rings is 1. The van der Waals surface area contributed by atoms with Gasteiger partial charge in [-0.3, -0.25) is 9.59 Å². The summed E-state index contributed by atoms with van der Waals surface area (Å²) in [6.07, 6.45) is 0. The number of hydrogen-bond acceptors (Lipinski definition) is 5. The maximum atomic E-state index is 13.3. The Hall–Kier alpha value is -3.13. The zero-order chi connectivity index (χ0) is 22.2. The van der Waals surface area contributed by atoms with Crippen molar-refractivity contribution in [2.75, 3.05) is 13.7 Å². The molecule has 1 N–H and O–H groups in total. The van der Waals surface area contributed by atoms with E-state index in [4.69, 9.17) is 4.74 Å². The minimum Gasteiger partial charge on any atom is -0.497 e. The van der Waals surface area contributed by atoms with Crippen LogP contribution < -0.4 is 10.1 Å². The van der Waals surface area contributed by atoms with Gasteiger partial charge in [-0.25, -0.2) is 5.01 Å². The van der Waals surface area contributed by atoms with Crippen molar-refractivity contribution in [3.8, 4) is 5.75 Å². The van der Waals surface area contributed by atoms with E-state index in [1.807, 2.05) is 46.3 Å². The molecule has 4 rings (SSSR count). The van der Waals surface area contributed by atoms with Crippen LogP contribution in [0.5, 0.6) is 5.75 Å². The normalized spacial score (nSPS) is 14.3. The number of fused-ring (bicyclic) bond motifs is 3. The SMILES string of the molecule is COc1ccc(CNC(=O)CN2N=C(C(C)(C)C)Cn3c(cc4sccc43)C2=O)cc1. The van der Waals surface area contributed by atoms with Gasteiger partial charge in [-0.1, -0.05) is 32.9 Å². The van der Waals surface area contributed by atoms with Gasteiger partial charge in [0, 0.05) is 12.0 Å². The largest absolute Gasteiger partial charge is 0.497 e. The standard InChI is InChI=1S/C23H26N4O3S/c1-23(2,3)20-13-26-17-9-10-31-19(17)11-18(26)22(29)27(25-20)14-21(28)24-12-15-5-7-16(30-4)8-6-15/h5-11H,12-14H2,1-4H3,(H,24,28). The second-order valence-electron chi connectivity index (χ2n) is 8.57. The van der Waals surface area contributed by atoms with Crippen LogP contribution in [0.25, 0.3) is 10.2 Å². The van der Waals surface area contributed by atoms with Crippen LogP contribution in [0.3, 0.4) is 0 Å². The average Bonchev–Trinajstić information content (AvgIpc) is 3.29. The Morgan fingerprint density at radius 2 is 1.97 bits per heavy atom. The van der Waals surface area contributed by atoms with E-state index in [1.54, 1.807) is 18.4 Å². The van der Waals surface area contributed by atoms with E-state index < -0.39 is 0 Å². The number of carbonyl (C=O) groups is 2. The van der Waals surface area contributed by atoms with E-state index in [2.05, 4.69) is 31.2 Å². The first kappa shape index (κ1) is 21.1. The Kier molecular flexibility index (Phi) is 5.58. The summed E-state index contributed by atoms with van der Waals surface area (Å²) in [4.78, 5) is 25.9. The summed E-state index contributed by atoms with van der Waals surface area (Å²) in [5.74, 6) is 0.238.